The van der Waals surface area contributed by atoms with Gasteiger partial charge in [0.15, 0.2) is 0 Å². The maximum absolute atomic E-state index is 13.5. The molecule has 4 aromatic rings. The number of nitro groups is 1. The minimum Gasteiger partial charge on any atom is -0.395 e. The van der Waals surface area contributed by atoms with Gasteiger partial charge < -0.3 is 4.42 Å². The van der Waals surface area contributed by atoms with Crippen molar-refractivity contribution in [2.45, 2.75) is 0 Å². The maximum atomic E-state index is 13.5. The summed E-state index contributed by atoms with van der Waals surface area (Å²) in [5.41, 5.74) is 1.19. The summed E-state index contributed by atoms with van der Waals surface area (Å²) >= 11 is 4.39. The molecule has 0 bridgehead atoms. The lowest BCUT2D eigenvalue weighted by molar-refractivity contribution is -0.402. The predicted octanol–water partition coefficient (Wildman–Crippen LogP) is 5.38. The molecule has 0 fully saturated rings. The van der Waals surface area contributed by atoms with Crippen LogP contribution in [0.3, 0.4) is 0 Å². The number of carbonyl (C=O) groups is 1. The topological polar surface area (TPSA) is 102 Å². The van der Waals surface area contributed by atoms with Crippen molar-refractivity contribution in [3.05, 3.63) is 86.3 Å². The Balaban J connectivity index is 1.75. The summed E-state index contributed by atoms with van der Waals surface area (Å²) in [7, 11) is 0. The third-order valence-corrected chi connectivity index (χ3v) is 5.41. The molecule has 0 aliphatic heterocycles. The number of hydrogen-bond donors (Lipinski definition) is 0. The molecule has 0 spiro atoms. The summed E-state index contributed by atoms with van der Waals surface area (Å²) in [6.45, 7) is 0. The van der Waals surface area contributed by atoms with Gasteiger partial charge in [-0.3, -0.25) is 14.9 Å². The average molecular weight is 489 g/mol. The van der Waals surface area contributed by atoms with E-state index in [9.17, 15) is 19.3 Å². The zero-order chi connectivity index (χ0) is 21.3. The van der Waals surface area contributed by atoms with Crippen LogP contribution in [0.5, 0.6) is 0 Å². The minimum absolute atomic E-state index is 0.160. The first-order valence-corrected chi connectivity index (χ1v) is 9.96. The van der Waals surface area contributed by atoms with Crippen LogP contribution in [0, 0.1) is 15.9 Å². The van der Waals surface area contributed by atoms with Crippen LogP contribution in [0.2, 0.25) is 0 Å². The molecule has 30 heavy (non-hydrogen) atoms. The van der Waals surface area contributed by atoms with Crippen LogP contribution in [0.1, 0.15) is 16.1 Å². The molecule has 0 radical (unpaired) electrons. The number of amides is 1. The van der Waals surface area contributed by atoms with E-state index in [1.807, 2.05) is 12.1 Å². The van der Waals surface area contributed by atoms with E-state index in [1.54, 1.807) is 12.1 Å². The van der Waals surface area contributed by atoms with Crippen molar-refractivity contribution in [3.63, 3.8) is 0 Å². The van der Waals surface area contributed by atoms with Gasteiger partial charge >= 0.3 is 11.8 Å². The van der Waals surface area contributed by atoms with Gasteiger partial charge in [-0.1, -0.05) is 39.4 Å². The molecule has 11 heteroatoms. The Hall–Kier alpha value is -3.44. The molecule has 0 atom stereocenters. The Morgan fingerprint density at radius 3 is 2.70 bits per heavy atom. The summed E-state index contributed by atoms with van der Waals surface area (Å²) in [4.78, 5) is 27.4. The molecule has 0 saturated carbocycles. The Labute approximate surface area is 180 Å². The molecule has 0 aliphatic carbocycles. The normalized spacial score (nSPS) is 11.3. The van der Waals surface area contributed by atoms with Gasteiger partial charge in [0, 0.05) is 4.47 Å². The van der Waals surface area contributed by atoms with Crippen LogP contribution >= 0.6 is 27.3 Å². The molecular formula is C19H10BrFN4O4S. The number of benzene rings is 2. The first-order valence-electron chi connectivity index (χ1n) is 8.35. The second-order valence-electron chi connectivity index (χ2n) is 5.92. The van der Waals surface area contributed by atoms with E-state index in [4.69, 9.17) is 4.42 Å². The Bertz CT molecular complexity index is 1290. The van der Waals surface area contributed by atoms with Gasteiger partial charge in [-0.2, -0.15) is 10.1 Å². The summed E-state index contributed by atoms with van der Waals surface area (Å²) in [5.74, 6) is -2.03. The van der Waals surface area contributed by atoms with Gasteiger partial charge in [-0.05, 0) is 42.0 Å². The largest absolute Gasteiger partial charge is 0.433 e. The molecule has 0 aliphatic rings. The van der Waals surface area contributed by atoms with E-state index in [0.717, 1.165) is 26.9 Å². The lowest BCUT2D eigenvalue weighted by Gasteiger charge is -2.11. The molecule has 2 aromatic carbocycles. The number of anilines is 1. The van der Waals surface area contributed by atoms with E-state index < -0.39 is 22.5 Å². The van der Waals surface area contributed by atoms with Crippen LogP contribution in [0.15, 0.2) is 68.6 Å². The van der Waals surface area contributed by atoms with Crippen molar-refractivity contribution in [3.8, 4) is 0 Å². The molecule has 8 nitrogen and oxygen atoms in total. The Morgan fingerprint density at radius 1 is 1.23 bits per heavy atom. The number of rotatable bonds is 5. The molecule has 2 aromatic heterocycles. The third-order valence-electron chi connectivity index (χ3n) is 3.89. The number of hydrogen-bond acceptors (Lipinski definition) is 7. The smallest absolute Gasteiger partial charge is 0.395 e. The van der Waals surface area contributed by atoms with Gasteiger partial charge in [0.25, 0.3) is 0 Å². The van der Waals surface area contributed by atoms with Crippen molar-refractivity contribution in [1.29, 1.82) is 0 Å². The number of aromatic nitrogens is 1. The highest BCUT2D eigenvalue weighted by atomic mass is 79.9. The maximum Gasteiger partial charge on any atom is 0.433 e. The van der Waals surface area contributed by atoms with Crippen molar-refractivity contribution < 1.29 is 18.5 Å². The second-order valence-corrected chi connectivity index (χ2v) is 7.84. The molecule has 2 heterocycles. The fourth-order valence-electron chi connectivity index (χ4n) is 2.48. The number of furan rings is 1. The highest BCUT2D eigenvalue weighted by Gasteiger charge is 2.26. The number of hydrazone groups is 1. The quantitative estimate of drug-likeness (QED) is 0.213. The van der Waals surface area contributed by atoms with E-state index >= 15 is 0 Å². The standard InChI is InChI=1S/C19H10BrFN4O4S/c20-12-3-1-11(2-4-12)10-22-24(18(26)15-7-8-17(29-15)25(27)28)19-23-14-6-5-13(21)9-16(14)30-19/h1-10H/b22-10+. The number of fused-ring (bicyclic) bond motifs is 1. The number of thiazole rings is 1. The van der Waals surface area contributed by atoms with Crippen LogP contribution in [0.25, 0.3) is 10.2 Å². The van der Waals surface area contributed by atoms with Crippen molar-refractivity contribution >= 4 is 60.6 Å². The first kappa shape index (κ1) is 19.9. The summed E-state index contributed by atoms with van der Waals surface area (Å²) in [5, 5.41) is 16.2. The van der Waals surface area contributed by atoms with Gasteiger partial charge in [0.2, 0.25) is 10.9 Å². The number of nitrogens with zero attached hydrogens (tertiary/aromatic N) is 4. The van der Waals surface area contributed by atoms with Crippen LogP contribution < -0.4 is 5.01 Å². The molecular weight excluding hydrogens is 479 g/mol. The van der Waals surface area contributed by atoms with Gasteiger partial charge in [-0.25, -0.2) is 9.37 Å². The number of halogens is 2. The van der Waals surface area contributed by atoms with Gasteiger partial charge in [0.1, 0.15) is 10.7 Å². The fourth-order valence-corrected chi connectivity index (χ4v) is 3.70. The fraction of sp³-hybridized carbons (Fsp3) is 0. The monoisotopic (exact) mass is 488 g/mol. The molecule has 0 saturated heterocycles. The molecule has 0 N–H and O–H groups in total. The lowest BCUT2D eigenvalue weighted by Crippen LogP contribution is -2.25. The van der Waals surface area contributed by atoms with Crippen molar-refractivity contribution in [2.24, 2.45) is 5.10 Å². The van der Waals surface area contributed by atoms with Crippen LogP contribution in [-0.4, -0.2) is 22.0 Å². The third kappa shape index (κ3) is 4.11. The highest BCUT2D eigenvalue weighted by Crippen LogP contribution is 2.31. The highest BCUT2D eigenvalue weighted by molar-refractivity contribution is 9.10. The Morgan fingerprint density at radius 2 is 2.00 bits per heavy atom. The van der Waals surface area contributed by atoms with Crippen molar-refractivity contribution in [1.82, 2.24) is 4.98 Å². The molecule has 0 unspecified atom stereocenters. The van der Waals surface area contributed by atoms with Crippen LogP contribution in [0.4, 0.5) is 15.4 Å². The zero-order valence-electron chi connectivity index (χ0n) is 14.9. The van der Waals surface area contributed by atoms with Gasteiger partial charge in [0.05, 0.1) is 22.5 Å². The first-order chi connectivity index (χ1) is 14.4. The summed E-state index contributed by atoms with van der Waals surface area (Å²) in [6.07, 6.45) is 1.44. The van der Waals surface area contributed by atoms with Crippen LogP contribution in [-0.2, 0) is 0 Å². The molecule has 150 valence electrons. The van der Waals surface area contributed by atoms with E-state index in [-0.39, 0.29) is 10.9 Å². The van der Waals surface area contributed by atoms with E-state index in [0.29, 0.717) is 15.8 Å². The molecule has 1 amide bonds. The number of carbonyl (C=O) groups excluding carboxylic acids is 1. The Kier molecular flexibility index (Phi) is 5.38. The summed E-state index contributed by atoms with van der Waals surface area (Å²) < 4.78 is 20.0. The average Bonchev–Trinajstić information content (AvgIpc) is 3.36. The van der Waals surface area contributed by atoms with E-state index in [2.05, 4.69) is 26.0 Å². The summed E-state index contributed by atoms with van der Waals surface area (Å²) in [6, 6.07) is 13.5. The van der Waals surface area contributed by atoms with Crippen molar-refractivity contribution in [2.75, 3.05) is 5.01 Å². The zero-order valence-corrected chi connectivity index (χ0v) is 17.3. The minimum atomic E-state index is -0.754. The SMILES string of the molecule is O=C(c1ccc([N+](=O)[O-])o1)N(/N=C/c1ccc(Br)cc1)c1nc2ccc(F)cc2s1. The lowest BCUT2D eigenvalue weighted by atomic mass is 10.2. The molecule has 4 rings (SSSR count). The van der Waals surface area contributed by atoms with E-state index in [1.165, 1.54) is 30.5 Å². The van der Waals surface area contributed by atoms with Gasteiger partial charge in [-0.15, -0.1) is 0 Å². The predicted molar refractivity (Wildman–Crippen MR) is 113 cm³/mol. The second kappa shape index (κ2) is 8.13.